The Morgan fingerprint density at radius 1 is 0.857 bits per heavy atom. The minimum absolute atomic E-state index is 0.373. The van der Waals surface area contributed by atoms with Crippen molar-refractivity contribution in [2.24, 2.45) is 0 Å². The first-order valence-electron chi connectivity index (χ1n) is 9.00. The molecule has 0 saturated heterocycles. The number of fused-ring (bicyclic) bond motifs is 2. The van der Waals surface area contributed by atoms with Crippen molar-refractivity contribution in [3.8, 4) is 0 Å². The lowest BCUT2D eigenvalue weighted by molar-refractivity contribution is 0.117. The standard InChI is InChI=1S/C22H17N5O/c1-2-8-16(9-3-1)15-28-27(21-18-11-5-7-13-20(18)25-26-21)22-23-14-17-10-4-6-12-19(17)24-22/h1-14H,15H2,(H,25,26). The Balaban J connectivity index is 1.58. The number of benzene rings is 3. The van der Waals surface area contributed by atoms with Crippen molar-refractivity contribution in [2.75, 3.05) is 5.06 Å². The third-order valence-electron chi connectivity index (χ3n) is 4.50. The van der Waals surface area contributed by atoms with Crippen LogP contribution in [0.2, 0.25) is 0 Å². The smallest absolute Gasteiger partial charge is 0.256 e. The van der Waals surface area contributed by atoms with E-state index < -0.39 is 0 Å². The van der Waals surface area contributed by atoms with Crippen molar-refractivity contribution >= 4 is 33.6 Å². The van der Waals surface area contributed by atoms with Crippen molar-refractivity contribution in [1.82, 2.24) is 20.2 Å². The second kappa shape index (κ2) is 7.09. The molecule has 0 spiro atoms. The molecule has 28 heavy (non-hydrogen) atoms. The maximum Gasteiger partial charge on any atom is 0.256 e. The molecule has 0 aliphatic heterocycles. The van der Waals surface area contributed by atoms with E-state index in [0.29, 0.717) is 18.4 Å². The summed E-state index contributed by atoms with van der Waals surface area (Å²) in [6, 6.07) is 25.8. The SMILES string of the molecule is c1ccc(CON(c2ncc3ccccc3n2)c2n[nH]c3ccccc23)cc1. The summed E-state index contributed by atoms with van der Waals surface area (Å²) in [7, 11) is 0. The number of nitrogens with zero attached hydrogens (tertiary/aromatic N) is 4. The molecule has 0 bridgehead atoms. The van der Waals surface area contributed by atoms with E-state index in [-0.39, 0.29) is 0 Å². The molecular formula is C22H17N5O. The summed E-state index contributed by atoms with van der Waals surface area (Å²) < 4.78 is 0. The number of para-hydroxylation sites is 2. The average Bonchev–Trinajstić information content (AvgIpc) is 3.19. The van der Waals surface area contributed by atoms with Crippen LogP contribution in [0.5, 0.6) is 0 Å². The van der Waals surface area contributed by atoms with E-state index in [1.807, 2.05) is 78.9 Å². The molecule has 0 saturated carbocycles. The second-order valence-electron chi connectivity index (χ2n) is 6.38. The molecule has 0 atom stereocenters. The van der Waals surface area contributed by atoms with Gasteiger partial charge in [0, 0.05) is 17.0 Å². The van der Waals surface area contributed by atoms with E-state index in [1.165, 1.54) is 0 Å². The summed E-state index contributed by atoms with van der Waals surface area (Å²) in [5.74, 6) is 1.06. The predicted octanol–water partition coefficient (Wildman–Crippen LogP) is 4.78. The largest absolute Gasteiger partial charge is 0.276 e. The summed E-state index contributed by atoms with van der Waals surface area (Å²) in [5, 5.41) is 11.0. The Morgan fingerprint density at radius 2 is 1.64 bits per heavy atom. The number of hydrogen-bond acceptors (Lipinski definition) is 5. The lowest BCUT2D eigenvalue weighted by Crippen LogP contribution is -2.20. The molecule has 0 aliphatic rings. The van der Waals surface area contributed by atoms with Gasteiger partial charge in [-0.25, -0.2) is 9.97 Å². The van der Waals surface area contributed by atoms with Crippen LogP contribution in [-0.4, -0.2) is 20.2 Å². The van der Waals surface area contributed by atoms with Gasteiger partial charge in [-0.15, -0.1) is 0 Å². The summed E-state index contributed by atoms with van der Waals surface area (Å²) >= 11 is 0. The van der Waals surface area contributed by atoms with E-state index in [9.17, 15) is 0 Å². The monoisotopic (exact) mass is 367 g/mol. The molecule has 3 aromatic carbocycles. The summed E-state index contributed by atoms with van der Waals surface area (Å²) in [4.78, 5) is 15.3. The average molecular weight is 367 g/mol. The van der Waals surface area contributed by atoms with Crippen LogP contribution in [0.1, 0.15) is 5.56 Å². The van der Waals surface area contributed by atoms with Crippen molar-refractivity contribution in [1.29, 1.82) is 0 Å². The highest BCUT2D eigenvalue weighted by Gasteiger charge is 2.20. The molecule has 2 aromatic heterocycles. The maximum atomic E-state index is 6.14. The Labute approximate surface area is 161 Å². The molecule has 136 valence electrons. The number of anilines is 2. The first-order chi connectivity index (χ1) is 13.9. The van der Waals surface area contributed by atoms with Gasteiger partial charge in [0.25, 0.3) is 5.95 Å². The van der Waals surface area contributed by atoms with Crippen LogP contribution in [-0.2, 0) is 11.4 Å². The number of hydrogen-bond donors (Lipinski definition) is 1. The summed E-state index contributed by atoms with van der Waals surface area (Å²) in [5.41, 5.74) is 2.82. The number of aromatic amines is 1. The quantitative estimate of drug-likeness (QED) is 0.453. The lowest BCUT2D eigenvalue weighted by atomic mass is 10.2. The van der Waals surface area contributed by atoms with Gasteiger partial charge in [-0.3, -0.25) is 9.94 Å². The molecule has 0 amide bonds. The molecule has 5 aromatic rings. The second-order valence-corrected chi connectivity index (χ2v) is 6.38. The van der Waals surface area contributed by atoms with Gasteiger partial charge in [0.2, 0.25) is 0 Å². The van der Waals surface area contributed by atoms with Crippen LogP contribution in [0, 0.1) is 0 Å². The Morgan fingerprint density at radius 3 is 2.57 bits per heavy atom. The highest BCUT2D eigenvalue weighted by molar-refractivity contribution is 5.91. The van der Waals surface area contributed by atoms with Crippen molar-refractivity contribution in [3.05, 3.63) is 90.6 Å². The van der Waals surface area contributed by atoms with Gasteiger partial charge >= 0.3 is 0 Å². The highest BCUT2D eigenvalue weighted by Crippen LogP contribution is 2.29. The Hall–Kier alpha value is -3.77. The predicted molar refractivity (Wildman–Crippen MR) is 109 cm³/mol. The minimum Gasteiger partial charge on any atom is -0.276 e. The Kier molecular flexibility index (Phi) is 4.16. The molecule has 0 radical (unpaired) electrons. The van der Waals surface area contributed by atoms with Crippen LogP contribution in [0.4, 0.5) is 11.8 Å². The van der Waals surface area contributed by atoms with E-state index in [1.54, 1.807) is 11.3 Å². The van der Waals surface area contributed by atoms with Crippen LogP contribution in [0.25, 0.3) is 21.8 Å². The topological polar surface area (TPSA) is 66.9 Å². The van der Waals surface area contributed by atoms with Gasteiger partial charge in [0.15, 0.2) is 5.82 Å². The third-order valence-corrected chi connectivity index (χ3v) is 4.50. The zero-order valence-corrected chi connectivity index (χ0v) is 15.0. The number of nitrogens with one attached hydrogen (secondary N) is 1. The van der Waals surface area contributed by atoms with Gasteiger partial charge in [-0.05, 0) is 23.8 Å². The highest BCUT2D eigenvalue weighted by atomic mass is 16.7. The fourth-order valence-electron chi connectivity index (χ4n) is 3.09. The van der Waals surface area contributed by atoms with Gasteiger partial charge in [0.05, 0.1) is 11.0 Å². The zero-order valence-electron chi connectivity index (χ0n) is 15.0. The van der Waals surface area contributed by atoms with Gasteiger partial charge in [-0.2, -0.15) is 10.2 Å². The summed E-state index contributed by atoms with van der Waals surface area (Å²) in [6.45, 7) is 0.373. The molecule has 1 N–H and O–H groups in total. The molecule has 6 nitrogen and oxygen atoms in total. The molecule has 6 heteroatoms. The van der Waals surface area contributed by atoms with Gasteiger partial charge in [-0.1, -0.05) is 60.7 Å². The van der Waals surface area contributed by atoms with Crippen LogP contribution in [0.15, 0.2) is 85.1 Å². The molecule has 2 heterocycles. The third kappa shape index (κ3) is 3.06. The van der Waals surface area contributed by atoms with Crippen molar-refractivity contribution < 1.29 is 4.84 Å². The number of H-pyrrole nitrogens is 1. The lowest BCUT2D eigenvalue weighted by Gasteiger charge is -2.20. The van der Waals surface area contributed by atoms with Crippen LogP contribution < -0.4 is 5.06 Å². The molecular weight excluding hydrogens is 350 g/mol. The Bertz CT molecular complexity index is 1240. The van der Waals surface area contributed by atoms with E-state index >= 15 is 0 Å². The maximum absolute atomic E-state index is 6.14. The minimum atomic E-state index is 0.373. The molecule has 0 fully saturated rings. The zero-order chi connectivity index (χ0) is 18.8. The first kappa shape index (κ1) is 16.4. The van der Waals surface area contributed by atoms with Crippen molar-refractivity contribution in [2.45, 2.75) is 6.61 Å². The molecule has 0 unspecified atom stereocenters. The number of aromatic nitrogens is 4. The van der Waals surface area contributed by atoms with E-state index in [0.717, 1.165) is 27.4 Å². The summed E-state index contributed by atoms with van der Waals surface area (Å²) in [6.07, 6.45) is 1.80. The van der Waals surface area contributed by atoms with Gasteiger partial charge < -0.3 is 0 Å². The van der Waals surface area contributed by atoms with E-state index in [2.05, 4.69) is 20.2 Å². The van der Waals surface area contributed by atoms with E-state index in [4.69, 9.17) is 4.84 Å². The fourth-order valence-corrected chi connectivity index (χ4v) is 3.09. The fraction of sp³-hybridized carbons (Fsp3) is 0.0455. The first-order valence-corrected chi connectivity index (χ1v) is 9.00. The van der Waals surface area contributed by atoms with Crippen molar-refractivity contribution in [3.63, 3.8) is 0 Å². The number of rotatable bonds is 5. The molecule has 0 aliphatic carbocycles. The normalized spacial score (nSPS) is 11.1. The van der Waals surface area contributed by atoms with Crippen LogP contribution >= 0.6 is 0 Å². The molecule has 5 rings (SSSR count). The van der Waals surface area contributed by atoms with Crippen LogP contribution in [0.3, 0.4) is 0 Å². The van der Waals surface area contributed by atoms with Gasteiger partial charge in [0.1, 0.15) is 6.61 Å².